The fourth-order valence-electron chi connectivity index (χ4n) is 1.47. The summed E-state index contributed by atoms with van der Waals surface area (Å²) in [6.45, 7) is 4.18. The van der Waals surface area contributed by atoms with Gasteiger partial charge in [-0.1, -0.05) is 26.0 Å². The molecule has 0 amide bonds. The largest absolute Gasteiger partial charge is 0.337 e. The van der Waals surface area contributed by atoms with E-state index in [1.54, 1.807) is 4.68 Å². The number of rotatable bonds is 1. The van der Waals surface area contributed by atoms with E-state index in [2.05, 4.69) is 18.8 Å². The molecule has 0 saturated carbocycles. The third-order valence-electron chi connectivity index (χ3n) is 2.14. The van der Waals surface area contributed by atoms with Crippen molar-refractivity contribution in [3.8, 4) is 0 Å². The minimum atomic E-state index is 0.359. The molecule has 1 heterocycles. The summed E-state index contributed by atoms with van der Waals surface area (Å²) in [5.74, 6) is 7.18. The maximum Gasteiger partial charge on any atom is 0.131 e. The predicted octanol–water partition coefficient (Wildman–Crippen LogP) is 1.87. The monoisotopic (exact) mass is 175 g/mol. The van der Waals surface area contributed by atoms with E-state index in [-0.39, 0.29) is 0 Å². The number of nitrogens with zero attached hydrogens (tertiary/aromatic N) is 2. The molecule has 1 aromatic heterocycles. The molecule has 0 aliphatic rings. The van der Waals surface area contributed by atoms with Crippen molar-refractivity contribution in [1.29, 1.82) is 0 Å². The first-order valence-electron chi connectivity index (χ1n) is 4.42. The molecule has 0 aliphatic carbocycles. The van der Waals surface area contributed by atoms with Crippen LogP contribution < -0.4 is 5.84 Å². The molecule has 1 aromatic carbocycles. The van der Waals surface area contributed by atoms with Crippen LogP contribution in [0, 0.1) is 0 Å². The van der Waals surface area contributed by atoms with Gasteiger partial charge in [0.2, 0.25) is 0 Å². The molecule has 0 unspecified atom stereocenters. The quantitative estimate of drug-likeness (QED) is 0.672. The molecule has 0 fully saturated rings. The van der Waals surface area contributed by atoms with Gasteiger partial charge in [-0.25, -0.2) is 9.66 Å². The molecule has 2 aromatic rings. The van der Waals surface area contributed by atoms with Gasteiger partial charge in [0.1, 0.15) is 5.82 Å². The van der Waals surface area contributed by atoms with Crippen LogP contribution in [0.15, 0.2) is 24.3 Å². The molecular formula is C10H13N3. The lowest BCUT2D eigenvalue weighted by Crippen LogP contribution is -2.13. The molecule has 0 bridgehead atoms. The summed E-state index contributed by atoms with van der Waals surface area (Å²) in [5, 5.41) is 0. The highest BCUT2D eigenvalue weighted by Crippen LogP contribution is 2.18. The number of aromatic nitrogens is 2. The smallest absolute Gasteiger partial charge is 0.131 e. The third-order valence-corrected chi connectivity index (χ3v) is 2.14. The van der Waals surface area contributed by atoms with Crippen molar-refractivity contribution in [2.75, 3.05) is 5.84 Å². The van der Waals surface area contributed by atoms with Crippen molar-refractivity contribution in [2.45, 2.75) is 19.8 Å². The number of nitrogens with two attached hydrogens (primary N) is 1. The van der Waals surface area contributed by atoms with Crippen LogP contribution in [0.1, 0.15) is 25.6 Å². The number of hydrogen-bond donors (Lipinski definition) is 1. The molecule has 13 heavy (non-hydrogen) atoms. The van der Waals surface area contributed by atoms with Crippen LogP contribution in [0.2, 0.25) is 0 Å². The van der Waals surface area contributed by atoms with Gasteiger partial charge >= 0.3 is 0 Å². The summed E-state index contributed by atoms with van der Waals surface area (Å²) in [6.07, 6.45) is 0. The zero-order valence-corrected chi connectivity index (χ0v) is 7.86. The molecule has 0 aliphatic heterocycles. The maximum absolute atomic E-state index is 5.89. The molecule has 0 spiro atoms. The summed E-state index contributed by atoms with van der Waals surface area (Å²) in [5.41, 5.74) is 1.96. The molecule has 2 rings (SSSR count). The summed E-state index contributed by atoms with van der Waals surface area (Å²) >= 11 is 0. The average Bonchev–Trinajstić information content (AvgIpc) is 2.45. The highest BCUT2D eigenvalue weighted by atomic mass is 15.3. The lowest BCUT2D eigenvalue weighted by molar-refractivity contribution is 0.745. The van der Waals surface area contributed by atoms with Gasteiger partial charge in [-0.3, -0.25) is 0 Å². The van der Waals surface area contributed by atoms with Gasteiger partial charge in [0.25, 0.3) is 0 Å². The zero-order valence-electron chi connectivity index (χ0n) is 7.86. The lowest BCUT2D eigenvalue weighted by Gasteiger charge is -2.03. The van der Waals surface area contributed by atoms with E-state index in [1.807, 2.05) is 24.3 Å². The van der Waals surface area contributed by atoms with Crippen molar-refractivity contribution >= 4 is 11.0 Å². The Labute approximate surface area is 77.2 Å². The number of para-hydroxylation sites is 2. The van der Waals surface area contributed by atoms with E-state index in [0.717, 1.165) is 16.9 Å². The maximum atomic E-state index is 5.89. The summed E-state index contributed by atoms with van der Waals surface area (Å²) in [4.78, 5) is 4.45. The SMILES string of the molecule is CC(C)c1nc2ccccc2n1N. The van der Waals surface area contributed by atoms with Crippen LogP contribution in [0.4, 0.5) is 0 Å². The van der Waals surface area contributed by atoms with Crippen LogP contribution in [-0.2, 0) is 0 Å². The Morgan fingerprint density at radius 2 is 2.00 bits per heavy atom. The molecule has 0 saturated heterocycles. The first-order valence-corrected chi connectivity index (χ1v) is 4.42. The fourth-order valence-corrected chi connectivity index (χ4v) is 1.47. The van der Waals surface area contributed by atoms with Gasteiger partial charge < -0.3 is 5.84 Å². The van der Waals surface area contributed by atoms with Gasteiger partial charge in [0.05, 0.1) is 11.0 Å². The second-order valence-corrected chi connectivity index (χ2v) is 3.48. The Bertz CT molecular complexity index is 429. The van der Waals surface area contributed by atoms with E-state index in [9.17, 15) is 0 Å². The van der Waals surface area contributed by atoms with Crippen LogP contribution in [0.25, 0.3) is 11.0 Å². The lowest BCUT2D eigenvalue weighted by atomic mass is 10.2. The van der Waals surface area contributed by atoms with E-state index >= 15 is 0 Å². The van der Waals surface area contributed by atoms with E-state index in [1.165, 1.54) is 0 Å². The molecule has 0 atom stereocenters. The minimum Gasteiger partial charge on any atom is -0.337 e. The van der Waals surface area contributed by atoms with Gasteiger partial charge in [0, 0.05) is 5.92 Å². The summed E-state index contributed by atoms with van der Waals surface area (Å²) in [7, 11) is 0. The van der Waals surface area contributed by atoms with Gasteiger partial charge in [-0.05, 0) is 12.1 Å². The van der Waals surface area contributed by atoms with E-state index in [4.69, 9.17) is 5.84 Å². The second-order valence-electron chi connectivity index (χ2n) is 3.48. The average molecular weight is 175 g/mol. The molecule has 3 heteroatoms. The Morgan fingerprint density at radius 1 is 1.31 bits per heavy atom. The molecule has 3 nitrogen and oxygen atoms in total. The first-order chi connectivity index (χ1) is 6.20. The van der Waals surface area contributed by atoms with Crippen molar-refractivity contribution in [3.05, 3.63) is 30.1 Å². The van der Waals surface area contributed by atoms with Crippen molar-refractivity contribution in [1.82, 2.24) is 9.66 Å². The predicted molar refractivity (Wildman–Crippen MR) is 54.0 cm³/mol. The molecular weight excluding hydrogens is 162 g/mol. The van der Waals surface area contributed by atoms with Crippen molar-refractivity contribution < 1.29 is 0 Å². The fraction of sp³-hybridized carbons (Fsp3) is 0.300. The van der Waals surface area contributed by atoms with Crippen LogP contribution >= 0.6 is 0 Å². The number of imidazole rings is 1. The second kappa shape index (κ2) is 2.76. The number of fused-ring (bicyclic) bond motifs is 1. The van der Waals surface area contributed by atoms with Crippen LogP contribution in [0.3, 0.4) is 0 Å². The normalized spacial score (nSPS) is 11.3. The van der Waals surface area contributed by atoms with Gasteiger partial charge in [-0.15, -0.1) is 0 Å². The number of nitrogen functional groups attached to an aromatic ring is 1. The zero-order chi connectivity index (χ0) is 9.42. The minimum absolute atomic E-state index is 0.359. The van der Waals surface area contributed by atoms with Gasteiger partial charge in [-0.2, -0.15) is 0 Å². The number of benzene rings is 1. The Hall–Kier alpha value is -1.51. The Kier molecular flexibility index (Phi) is 1.72. The van der Waals surface area contributed by atoms with Crippen LogP contribution in [0.5, 0.6) is 0 Å². The molecule has 68 valence electrons. The van der Waals surface area contributed by atoms with Crippen molar-refractivity contribution in [3.63, 3.8) is 0 Å². The van der Waals surface area contributed by atoms with E-state index < -0.39 is 0 Å². The number of hydrogen-bond acceptors (Lipinski definition) is 2. The summed E-state index contributed by atoms with van der Waals surface area (Å²) < 4.78 is 1.67. The standard InChI is InChI=1S/C10H13N3/c1-7(2)10-12-8-5-3-4-6-9(8)13(10)11/h3-7H,11H2,1-2H3. The highest BCUT2D eigenvalue weighted by molar-refractivity contribution is 5.76. The van der Waals surface area contributed by atoms with E-state index in [0.29, 0.717) is 5.92 Å². The molecule has 2 N–H and O–H groups in total. The van der Waals surface area contributed by atoms with Crippen molar-refractivity contribution in [2.24, 2.45) is 0 Å². The Balaban J connectivity index is 2.74. The summed E-state index contributed by atoms with van der Waals surface area (Å²) in [6, 6.07) is 7.90. The topological polar surface area (TPSA) is 43.8 Å². The van der Waals surface area contributed by atoms with Crippen LogP contribution in [-0.4, -0.2) is 9.66 Å². The molecule has 0 radical (unpaired) electrons. The third kappa shape index (κ3) is 1.16. The first kappa shape index (κ1) is 8.10. The Morgan fingerprint density at radius 3 is 2.62 bits per heavy atom. The van der Waals surface area contributed by atoms with Gasteiger partial charge in [0.15, 0.2) is 0 Å². The highest BCUT2D eigenvalue weighted by Gasteiger charge is 2.10.